The fourth-order valence-electron chi connectivity index (χ4n) is 3.74. The van der Waals surface area contributed by atoms with Crippen LogP contribution in [0.3, 0.4) is 0 Å². The van der Waals surface area contributed by atoms with E-state index in [-0.39, 0.29) is 24.4 Å². The quantitative estimate of drug-likeness (QED) is 0.782. The first-order chi connectivity index (χ1) is 11.0. The lowest BCUT2D eigenvalue weighted by Gasteiger charge is -2.50. The number of nitrogens with zero attached hydrogens (tertiary/aromatic N) is 1. The largest absolute Gasteiger partial charge is 0.465 e. The van der Waals surface area contributed by atoms with Gasteiger partial charge in [-0.3, -0.25) is 0 Å². The minimum Gasteiger partial charge on any atom is -0.465 e. The van der Waals surface area contributed by atoms with Gasteiger partial charge in [-0.05, 0) is 36.0 Å². The maximum absolute atomic E-state index is 13.4. The highest BCUT2D eigenvalue weighted by Crippen LogP contribution is 2.46. The Morgan fingerprint density at radius 3 is 2.42 bits per heavy atom. The molecule has 1 aliphatic heterocycles. The van der Waals surface area contributed by atoms with E-state index < -0.39 is 17.9 Å². The molecule has 134 valence electrons. The molecule has 1 N–H and O–H groups in total. The monoisotopic (exact) mass is 359 g/mol. The van der Waals surface area contributed by atoms with Crippen LogP contribution in [-0.4, -0.2) is 35.1 Å². The summed E-state index contributed by atoms with van der Waals surface area (Å²) < 4.78 is 26.7. The van der Waals surface area contributed by atoms with Crippen molar-refractivity contribution >= 4 is 17.7 Å². The van der Waals surface area contributed by atoms with Gasteiger partial charge in [-0.1, -0.05) is 44.5 Å². The van der Waals surface area contributed by atoms with Gasteiger partial charge in [0.1, 0.15) is 0 Å². The molecule has 1 heterocycles. The molecule has 1 aromatic carbocycles. The van der Waals surface area contributed by atoms with Gasteiger partial charge in [0.2, 0.25) is 6.43 Å². The van der Waals surface area contributed by atoms with Crippen LogP contribution in [-0.2, 0) is 5.41 Å². The Kier molecular flexibility index (Phi) is 5.43. The molecule has 0 radical (unpaired) electrons. The highest BCUT2D eigenvalue weighted by atomic mass is 35.5. The Bertz CT molecular complexity index is 586. The van der Waals surface area contributed by atoms with Crippen molar-refractivity contribution < 1.29 is 18.7 Å². The minimum absolute atomic E-state index is 0.257. The summed E-state index contributed by atoms with van der Waals surface area (Å²) in [6.45, 7) is 6.11. The molecule has 1 amide bonds. The van der Waals surface area contributed by atoms with Crippen LogP contribution in [0.5, 0.6) is 0 Å². The number of benzene rings is 1. The average molecular weight is 360 g/mol. The average Bonchev–Trinajstić information content (AvgIpc) is 2.45. The molecule has 2 atom stereocenters. The molecule has 0 aromatic heterocycles. The van der Waals surface area contributed by atoms with Crippen LogP contribution >= 0.6 is 11.6 Å². The molecule has 1 fully saturated rings. The van der Waals surface area contributed by atoms with E-state index in [2.05, 4.69) is 0 Å². The second-order valence-electron chi connectivity index (χ2n) is 7.69. The molecule has 2 unspecified atom stereocenters. The summed E-state index contributed by atoms with van der Waals surface area (Å²) >= 11 is 5.93. The Morgan fingerprint density at radius 2 is 1.96 bits per heavy atom. The van der Waals surface area contributed by atoms with Gasteiger partial charge in [-0.15, -0.1) is 0 Å². The van der Waals surface area contributed by atoms with Crippen molar-refractivity contribution in [3.63, 3.8) is 0 Å². The first kappa shape index (κ1) is 19.0. The molecule has 6 heteroatoms. The summed E-state index contributed by atoms with van der Waals surface area (Å²) in [6, 6.07) is 6.68. The number of amides is 1. The number of halogens is 3. The third-order valence-corrected chi connectivity index (χ3v) is 5.29. The second kappa shape index (κ2) is 6.87. The molecular weight excluding hydrogens is 336 g/mol. The van der Waals surface area contributed by atoms with Crippen molar-refractivity contribution in [3.05, 3.63) is 34.9 Å². The SMILES string of the molecule is CC(C)(C)C1CC(CC(F)F)(c2ccc(Cl)cc2)CCN1C(=O)O. The molecule has 1 aromatic rings. The van der Waals surface area contributed by atoms with Crippen molar-refractivity contribution in [3.8, 4) is 0 Å². The molecule has 0 saturated carbocycles. The van der Waals surface area contributed by atoms with Gasteiger partial charge >= 0.3 is 6.09 Å². The van der Waals surface area contributed by atoms with Crippen LogP contribution in [0.15, 0.2) is 24.3 Å². The van der Waals surface area contributed by atoms with Crippen molar-refractivity contribution in [1.82, 2.24) is 4.90 Å². The lowest BCUT2D eigenvalue weighted by molar-refractivity contribution is 0.00714. The molecule has 1 aliphatic rings. The maximum atomic E-state index is 13.4. The minimum atomic E-state index is -2.45. The standard InChI is InChI=1S/C18H24ClF2NO2/c1-17(2,3)14-10-18(11-15(20)21,8-9-22(14)16(23)24)12-4-6-13(19)7-5-12/h4-7,14-15H,8-11H2,1-3H3,(H,23,24). The number of piperidine rings is 1. The summed E-state index contributed by atoms with van der Waals surface area (Å²) in [5.74, 6) is 0. The Balaban J connectivity index is 2.44. The van der Waals surface area contributed by atoms with Gasteiger partial charge in [-0.2, -0.15) is 0 Å². The topological polar surface area (TPSA) is 40.5 Å². The van der Waals surface area contributed by atoms with E-state index in [9.17, 15) is 18.7 Å². The number of alkyl halides is 2. The summed E-state index contributed by atoms with van der Waals surface area (Å²) in [6.07, 6.45) is -2.93. The van der Waals surface area contributed by atoms with Crippen LogP contribution in [0.2, 0.25) is 5.02 Å². The summed E-state index contributed by atoms with van der Waals surface area (Å²) in [7, 11) is 0. The molecule has 0 bridgehead atoms. The fourth-order valence-corrected chi connectivity index (χ4v) is 3.87. The third kappa shape index (κ3) is 4.00. The zero-order valence-corrected chi connectivity index (χ0v) is 15.0. The fraction of sp³-hybridized carbons (Fsp3) is 0.611. The van der Waals surface area contributed by atoms with Crippen LogP contribution in [0, 0.1) is 5.41 Å². The predicted octanol–water partition coefficient (Wildman–Crippen LogP) is 5.42. The Labute approximate surface area is 146 Å². The number of likely N-dealkylation sites (tertiary alicyclic amines) is 1. The van der Waals surface area contributed by atoms with Crippen molar-refractivity contribution in [2.45, 2.75) is 57.9 Å². The van der Waals surface area contributed by atoms with E-state index in [1.165, 1.54) is 4.90 Å². The van der Waals surface area contributed by atoms with Gasteiger partial charge in [0.15, 0.2) is 0 Å². The maximum Gasteiger partial charge on any atom is 0.407 e. The van der Waals surface area contributed by atoms with Crippen LogP contribution in [0.1, 0.15) is 45.6 Å². The van der Waals surface area contributed by atoms with Crippen LogP contribution in [0.4, 0.5) is 13.6 Å². The summed E-state index contributed by atoms with van der Waals surface area (Å²) in [4.78, 5) is 13.0. The van der Waals surface area contributed by atoms with Crippen molar-refractivity contribution in [1.29, 1.82) is 0 Å². The van der Waals surface area contributed by atoms with E-state index in [1.807, 2.05) is 20.8 Å². The van der Waals surface area contributed by atoms with E-state index in [0.717, 1.165) is 5.56 Å². The predicted molar refractivity (Wildman–Crippen MR) is 91.0 cm³/mol. The molecule has 0 spiro atoms. The highest BCUT2D eigenvalue weighted by molar-refractivity contribution is 6.30. The lowest BCUT2D eigenvalue weighted by Crippen LogP contribution is -2.56. The zero-order chi connectivity index (χ0) is 18.1. The summed E-state index contributed by atoms with van der Waals surface area (Å²) in [5.41, 5.74) is -0.257. The van der Waals surface area contributed by atoms with Gasteiger partial charge in [-0.25, -0.2) is 13.6 Å². The second-order valence-corrected chi connectivity index (χ2v) is 8.13. The smallest absolute Gasteiger partial charge is 0.407 e. The van der Waals surface area contributed by atoms with E-state index in [0.29, 0.717) is 17.9 Å². The van der Waals surface area contributed by atoms with Gasteiger partial charge in [0, 0.05) is 29.4 Å². The number of carbonyl (C=O) groups is 1. The normalized spacial score (nSPS) is 25.1. The van der Waals surface area contributed by atoms with Crippen molar-refractivity contribution in [2.24, 2.45) is 5.41 Å². The van der Waals surface area contributed by atoms with Crippen LogP contribution in [0.25, 0.3) is 0 Å². The lowest BCUT2D eigenvalue weighted by atomic mass is 9.64. The van der Waals surface area contributed by atoms with E-state index in [1.54, 1.807) is 24.3 Å². The highest BCUT2D eigenvalue weighted by Gasteiger charge is 2.47. The molecule has 2 rings (SSSR count). The van der Waals surface area contributed by atoms with E-state index in [4.69, 9.17) is 11.6 Å². The van der Waals surface area contributed by atoms with E-state index >= 15 is 0 Å². The molecule has 1 saturated heterocycles. The third-order valence-electron chi connectivity index (χ3n) is 5.04. The first-order valence-corrected chi connectivity index (χ1v) is 8.47. The van der Waals surface area contributed by atoms with Gasteiger partial charge in [0.05, 0.1) is 0 Å². The Hall–Kier alpha value is -1.36. The number of rotatable bonds is 3. The molecule has 3 nitrogen and oxygen atoms in total. The van der Waals surface area contributed by atoms with Crippen LogP contribution < -0.4 is 0 Å². The number of hydrogen-bond donors (Lipinski definition) is 1. The molecule has 24 heavy (non-hydrogen) atoms. The van der Waals surface area contributed by atoms with Gasteiger partial charge in [0.25, 0.3) is 0 Å². The summed E-state index contributed by atoms with van der Waals surface area (Å²) in [5, 5.41) is 10.0. The van der Waals surface area contributed by atoms with Gasteiger partial charge < -0.3 is 10.0 Å². The number of hydrogen-bond acceptors (Lipinski definition) is 1. The first-order valence-electron chi connectivity index (χ1n) is 8.09. The molecular formula is C18H24ClF2NO2. The zero-order valence-electron chi connectivity index (χ0n) is 14.2. The number of carboxylic acid groups (broad SMARTS) is 1. The Morgan fingerprint density at radius 1 is 1.38 bits per heavy atom. The van der Waals surface area contributed by atoms with Crippen molar-refractivity contribution in [2.75, 3.05) is 6.54 Å². The molecule has 0 aliphatic carbocycles.